The van der Waals surface area contributed by atoms with Crippen molar-refractivity contribution < 1.29 is 19.0 Å². The van der Waals surface area contributed by atoms with Gasteiger partial charge in [0.05, 0.1) is 5.41 Å². The third-order valence-corrected chi connectivity index (χ3v) is 2.76. The van der Waals surface area contributed by atoms with Gasteiger partial charge in [0.2, 0.25) is 0 Å². The zero-order valence-corrected chi connectivity index (χ0v) is 9.37. The minimum Gasteiger partial charge on any atom is -0.481 e. The van der Waals surface area contributed by atoms with Crippen LogP contribution in [0.5, 0.6) is 0 Å². The number of rotatable bonds is 5. The molecule has 0 saturated heterocycles. The normalized spacial score (nSPS) is 14.4. The number of carbonyl (C=O) groups is 1. The maximum Gasteiger partial charge on any atom is 0.313 e. The van der Waals surface area contributed by atoms with Gasteiger partial charge in [0, 0.05) is 13.7 Å². The molecule has 0 fully saturated rings. The van der Waals surface area contributed by atoms with Crippen molar-refractivity contribution in [1.29, 1.82) is 0 Å². The first-order valence-corrected chi connectivity index (χ1v) is 4.99. The summed E-state index contributed by atoms with van der Waals surface area (Å²) in [5.74, 6) is -1.31. The van der Waals surface area contributed by atoms with Crippen LogP contribution in [0.4, 0.5) is 4.39 Å². The number of methoxy groups -OCH3 is 1. The molecule has 16 heavy (non-hydrogen) atoms. The van der Waals surface area contributed by atoms with Gasteiger partial charge in [-0.3, -0.25) is 4.79 Å². The maximum atomic E-state index is 12.8. The number of aliphatic carboxylic acids is 1. The highest BCUT2D eigenvalue weighted by Crippen LogP contribution is 2.28. The number of carboxylic acid groups (broad SMARTS) is 1. The first kappa shape index (κ1) is 12.6. The van der Waals surface area contributed by atoms with Crippen LogP contribution in [-0.2, 0) is 14.9 Å². The van der Waals surface area contributed by atoms with E-state index in [4.69, 9.17) is 4.74 Å². The molecule has 0 aliphatic heterocycles. The molecule has 1 aromatic carbocycles. The third kappa shape index (κ3) is 2.58. The van der Waals surface area contributed by atoms with Crippen molar-refractivity contribution in [2.75, 3.05) is 13.7 Å². The highest BCUT2D eigenvalue weighted by Gasteiger charge is 2.34. The smallest absolute Gasteiger partial charge is 0.313 e. The summed E-state index contributed by atoms with van der Waals surface area (Å²) in [5.41, 5.74) is -0.456. The van der Waals surface area contributed by atoms with E-state index in [0.29, 0.717) is 18.6 Å². The summed E-state index contributed by atoms with van der Waals surface area (Å²) in [6.07, 6.45) is 0.352. The van der Waals surface area contributed by atoms with Crippen molar-refractivity contribution in [2.24, 2.45) is 0 Å². The van der Waals surface area contributed by atoms with E-state index in [9.17, 15) is 14.3 Å². The molecule has 1 N–H and O–H groups in total. The van der Waals surface area contributed by atoms with E-state index in [1.807, 2.05) is 0 Å². The highest BCUT2D eigenvalue weighted by molar-refractivity contribution is 5.80. The van der Waals surface area contributed by atoms with Gasteiger partial charge < -0.3 is 9.84 Å². The molecule has 3 nitrogen and oxygen atoms in total. The lowest BCUT2D eigenvalue weighted by Crippen LogP contribution is -2.33. The molecule has 4 heteroatoms. The number of carboxylic acids is 1. The van der Waals surface area contributed by atoms with Gasteiger partial charge in [-0.05, 0) is 31.0 Å². The van der Waals surface area contributed by atoms with Crippen molar-refractivity contribution in [3.63, 3.8) is 0 Å². The largest absolute Gasteiger partial charge is 0.481 e. The number of hydrogen-bond donors (Lipinski definition) is 1. The molecule has 0 aliphatic carbocycles. The van der Waals surface area contributed by atoms with Crippen LogP contribution < -0.4 is 0 Å². The van der Waals surface area contributed by atoms with E-state index in [2.05, 4.69) is 0 Å². The van der Waals surface area contributed by atoms with Gasteiger partial charge in [0.25, 0.3) is 0 Å². The summed E-state index contributed by atoms with van der Waals surface area (Å²) in [6, 6.07) is 5.53. The van der Waals surface area contributed by atoms with Gasteiger partial charge >= 0.3 is 5.97 Å². The zero-order valence-electron chi connectivity index (χ0n) is 9.37. The van der Waals surface area contributed by atoms with Crippen LogP contribution in [0, 0.1) is 5.82 Å². The molecule has 0 saturated carbocycles. The number of ether oxygens (including phenoxy) is 1. The lowest BCUT2D eigenvalue weighted by Gasteiger charge is -2.24. The lowest BCUT2D eigenvalue weighted by atomic mass is 9.80. The van der Waals surface area contributed by atoms with E-state index in [1.54, 1.807) is 6.92 Å². The minimum absolute atomic E-state index is 0.347. The molecule has 1 rings (SSSR count). The second-order valence-electron chi connectivity index (χ2n) is 3.89. The summed E-state index contributed by atoms with van der Waals surface area (Å²) < 4.78 is 17.7. The Morgan fingerprint density at radius 3 is 2.44 bits per heavy atom. The minimum atomic E-state index is -1.04. The van der Waals surface area contributed by atoms with Gasteiger partial charge in [-0.25, -0.2) is 4.39 Å². The van der Waals surface area contributed by atoms with Crippen molar-refractivity contribution >= 4 is 5.97 Å². The first-order valence-electron chi connectivity index (χ1n) is 4.99. The fourth-order valence-corrected chi connectivity index (χ4v) is 1.50. The van der Waals surface area contributed by atoms with Gasteiger partial charge in [0.1, 0.15) is 5.82 Å². The standard InChI is InChI=1S/C12H15FO3/c1-12(11(14)15,7-8-16-2)9-3-5-10(13)6-4-9/h3-6H,7-8H2,1-2H3,(H,14,15). The third-order valence-electron chi connectivity index (χ3n) is 2.76. The molecule has 0 radical (unpaired) electrons. The molecular weight excluding hydrogens is 211 g/mol. The maximum absolute atomic E-state index is 12.8. The lowest BCUT2D eigenvalue weighted by molar-refractivity contribution is -0.143. The predicted molar refractivity (Wildman–Crippen MR) is 57.9 cm³/mol. The number of benzene rings is 1. The van der Waals surface area contributed by atoms with Gasteiger partial charge in [-0.2, -0.15) is 0 Å². The fraction of sp³-hybridized carbons (Fsp3) is 0.417. The quantitative estimate of drug-likeness (QED) is 0.837. The van der Waals surface area contributed by atoms with Crippen molar-refractivity contribution in [1.82, 2.24) is 0 Å². The summed E-state index contributed by atoms with van der Waals surface area (Å²) >= 11 is 0. The van der Waals surface area contributed by atoms with Crippen LogP contribution in [0.15, 0.2) is 24.3 Å². The molecule has 0 amide bonds. The SMILES string of the molecule is COCCC(C)(C(=O)O)c1ccc(F)cc1. The molecule has 0 bridgehead atoms. The Labute approximate surface area is 93.9 Å². The fourth-order valence-electron chi connectivity index (χ4n) is 1.50. The summed E-state index contributed by atoms with van der Waals surface area (Å²) in [6.45, 7) is 1.96. The summed E-state index contributed by atoms with van der Waals surface area (Å²) in [7, 11) is 1.52. The van der Waals surface area contributed by atoms with Gasteiger partial charge in [0.15, 0.2) is 0 Å². The summed E-state index contributed by atoms with van der Waals surface area (Å²) in [5, 5.41) is 9.23. The van der Waals surface area contributed by atoms with Gasteiger partial charge in [-0.15, -0.1) is 0 Å². The Balaban J connectivity index is 3.01. The Morgan fingerprint density at radius 2 is 2.00 bits per heavy atom. The zero-order chi connectivity index (χ0) is 12.2. The Kier molecular flexibility index (Phi) is 4.01. The Bertz CT molecular complexity index is 361. The van der Waals surface area contributed by atoms with Crippen LogP contribution in [-0.4, -0.2) is 24.8 Å². The average Bonchev–Trinajstić information content (AvgIpc) is 2.26. The molecule has 0 aromatic heterocycles. The van der Waals surface area contributed by atoms with E-state index in [1.165, 1.54) is 31.4 Å². The second-order valence-corrected chi connectivity index (χ2v) is 3.89. The molecule has 88 valence electrons. The van der Waals surface area contributed by atoms with Crippen LogP contribution in [0.3, 0.4) is 0 Å². The van der Waals surface area contributed by atoms with Crippen LogP contribution in [0.25, 0.3) is 0 Å². The van der Waals surface area contributed by atoms with E-state index < -0.39 is 11.4 Å². The van der Waals surface area contributed by atoms with E-state index in [-0.39, 0.29) is 5.82 Å². The van der Waals surface area contributed by atoms with Crippen molar-refractivity contribution in [3.05, 3.63) is 35.6 Å². The van der Waals surface area contributed by atoms with Crippen LogP contribution in [0.1, 0.15) is 18.9 Å². The number of halogens is 1. The van der Waals surface area contributed by atoms with E-state index in [0.717, 1.165) is 0 Å². The average molecular weight is 226 g/mol. The molecule has 1 atom stereocenters. The monoisotopic (exact) mass is 226 g/mol. The molecule has 0 aliphatic rings. The number of hydrogen-bond acceptors (Lipinski definition) is 2. The highest BCUT2D eigenvalue weighted by atomic mass is 19.1. The first-order chi connectivity index (χ1) is 7.50. The molecule has 1 unspecified atom stereocenters. The molecular formula is C12H15FO3. The Hall–Kier alpha value is -1.42. The van der Waals surface area contributed by atoms with Crippen LogP contribution >= 0.6 is 0 Å². The molecule has 0 heterocycles. The van der Waals surface area contributed by atoms with Crippen LogP contribution in [0.2, 0.25) is 0 Å². The second kappa shape index (κ2) is 5.07. The van der Waals surface area contributed by atoms with Crippen molar-refractivity contribution in [2.45, 2.75) is 18.8 Å². The Morgan fingerprint density at radius 1 is 1.44 bits per heavy atom. The molecule has 0 spiro atoms. The topological polar surface area (TPSA) is 46.5 Å². The van der Waals surface area contributed by atoms with Crippen molar-refractivity contribution in [3.8, 4) is 0 Å². The van der Waals surface area contributed by atoms with E-state index >= 15 is 0 Å². The predicted octanol–water partition coefficient (Wildman–Crippen LogP) is 2.20. The van der Waals surface area contributed by atoms with Gasteiger partial charge in [-0.1, -0.05) is 12.1 Å². The molecule has 1 aromatic rings. The summed E-state index contributed by atoms with van der Waals surface area (Å²) in [4.78, 5) is 11.3.